The molecule has 2 aliphatic carbocycles. The number of alkyl halides is 2. The number of ether oxygens (including phenoxy) is 1. The number of hydrogen-bond acceptors (Lipinski definition) is 6. The summed E-state index contributed by atoms with van der Waals surface area (Å²) in [6, 6.07) is 11.2. The maximum absolute atomic E-state index is 13.5. The zero-order chi connectivity index (χ0) is 22.6. The third-order valence-corrected chi connectivity index (χ3v) is 6.75. The molecule has 0 saturated heterocycles. The van der Waals surface area contributed by atoms with E-state index < -0.39 is 12.0 Å². The lowest BCUT2D eigenvalue weighted by Gasteiger charge is -2.33. The molecule has 0 amide bonds. The third kappa shape index (κ3) is 5.79. The van der Waals surface area contributed by atoms with E-state index in [0.29, 0.717) is 31.5 Å². The van der Waals surface area contributed by atoms with Gasteiger partial charge in [0.2, 0.25) is 5.92 Å². The van der Waals surface area contributed by atoms with Gasteiger partial charge in [0.25, 0.3) is 0 Å². The second-order valence-electron chi connectivity index (χ2n) is 8.99. The molecule has 4 unspecified atom stereocenters. The molecular formula is C24H31F2N3O3. The van der Waals surface area contributed by atoms with Crippen molar-refractivity contribution in [3.8, 4) is 5.75 Å². The van der Waals surface area contributed by atoms with Gasteiger partial charge in [0.05, 0.1) is 6.10 Å². The fourth-order valence-electron chi connectivity index (χ4n) is 4.98. The Morgan fingerprint density at radius 3 is 2.56 bits per heavy atom. The van der Waals surface area contributed by atoms with Crippen LogP contribution in [0.25, 0.3) is 0 Å². The second-order valence-corrected chi connectivity index (χ2v) is 8.99. The Bertz CT molecular complexity index is 861. The molecule has 2 aliphatic rings. The van der Waals surface area contributed by atoms with E-state index in [4.69, 9.17) is 4.74 Å². The standard InChI is InChI=1S/C24H31F2N3O3/c25-24(26)9-6-16(7-10-24)28-21-13-22(31)20(14-30)19(21)12-17-8-11-27-23(29-17)15-32-18-4-2-1-3-5-18/h1-5,8,11,16,19-22,28,30-31H,6-7,9-10,12-15H2. The van der Waals surface area contributed by atoms with Gasteiger partial charge < -0.3 is 20.3 Å². The molecule has 0 aliphatic heterocycles. The molecule has 0 spiro atoms. The van der Waals surface area contributed by atoms with Crippen molar-refractivity contribution in [1.29, 1.82) is 0 Å². The van der Waals surface area contributed by atoms with Crippen molar-refractivity contribution < 1.29 is 23.7 Å². The van der Waals surface area contributed by atoms with Gasteiger partial charge in [-0.25, -0.2) is 18.7 Å². The highest BCUT2D eigenvalue weighted by atomic mass is 19.3. The molecule has 2 fully saturated rings. The van der Waals surface area contributed by atoms with E-state index in [-0.39, 0.29) is 50.0 Å². The van der Waals surface area contributed by atoms with Crippen LogP contribution in [0, 0.1) is 11.8 Å². The average molecular weight is 448 g/mol. The first-order valence-electron chi connectivity index (χ1n) is 11.3. The molecular weight excluding hydrogens is 416 g/mol. The van der Waals surface area contributed by atoms with Crippen molar-refractivity contribution in [2.45, 2.75) is 69.2 Å². The lowest BCUT2D eigenvalue weighted by molar-refractivity contribution is -0.0417. The fraction of sp³-hybridized carbons (Fsp3) is 0.583. The summed E-state index contributed by atoms with van der Waals surface area (Å²) >= 11 is 0. The highest BCUT2D eigenvalue weighted by Crippen LogP contribution is 2.38. The number of aliphatic hydroxyl groups excluding tert-OH is 2. The number of aromatic nitrogens is 2. The van der Waals surface area contributed by atoms with Gasteiger partial charge in [-0.3, -0.25) is 0 Å². The Hall–Kier alpha value is -2.16. The average Bonchev–Trinajstić information content (AvgIpc) is 3.08. The fourth-order valence-corrected chi connectivity index (χ4v) is 4.98. The van der Waals surface area contributed by atoms with Crippen molar-refractivity contribution in [2.75, 3.05) is 6.61 Å². The Morgan fingerprint density at radius 2 is 1.84 bits per heavy atom. The predicted octanol–water partition coefficient (Wildman–Crippen LogP) is 3.12. The van der Waals surface area contributed by atoms with E-state index in [1.807, 2.05) is 36.4 Å². The molecule has 0 radical (unpaired) electrons. The maximum atomic E-state index is 13.5. The Morgan fingerprint density at radius 1 is 1.09 bits per heavy atom. The van der Waals surface area contributed by atoms with Crippen LogP contribution in [0.4, 0.5) is 8.78 Å². The molecule has 8 heteroatoms. The Balaban J connectivity index is 1.40. The molecule has 3 N–H and O–H groups in total. The van der Waals surface area contributed by atoms with Crippen LogP contribution in [0.5, 0.6) is 5.75 Å². The van der Waals surface area contributed by atoms with Gasteiger partial charge in [-0.2, -0.15) is 0 Å². The molecule has 32 heavy (non-hydrogen) atoms. The normalized spacial score (nSPS) is 28.0. The van der Waals surface area contributed by atoms with Crippen molar-refractivity contribution in [1.82, 2.24) is 15.3 Å². The number of benzene rings is 1. The minimum Gasteiger partial charge on any atom is -0.486 e. The van der Waals surface area contributed by atoms with Gasteiger partial charge in [0, 0.05) is 49.3 Å². The quantitative estimate of drug-likeness (QED) is 0.576. The van der Waals surface area contributed by atoms with E-state index in [1.165, 1.54) is 0 Å². The highest BCUT2D eigenvalue weighted by Gasteiger charge is 2.44. The van der Waals surface area contributed by atoms with Gasteiger partial charge in [-0.1, -0.05) is 18.2 Å². The summed E-state index contributed by atoms with van der Waals surface area (Å²) in [5.74, 6) is -1.60. The van der Waals surface area contributed by atoms with Gasteiger partial charge in [-0.05, 0) is 49.8 Å². The van der Waals surface area contributed by atoms with Crippen LogP contribution in [0.1, 0.15) is 43.6 Å². The van der Waals surface area contributed by atoms with Crippen LogP contribution in [0.15, 0.2) is 42.6 Å². The van der Waals surface area contributed by atoms with E-state index in [9.17, 15) is 19.0 Å². The number of nitrogens with zero attached hydrogens (tertiary/aromatic N) is 2. The number of nitrogens with one attached hydrogen (secondary N) is 1. The number of rotatable bonds is 8. The Labute approximate surface area is 187 Å². The maximum Gasteiger partial charge on any atom is 0.248 e. The molecule has 4 atom stereocenters. The van der Waals surface area contributed by atoms with Crippen molar-refractivity contribution in [3.63, 3.8) is 0 Å². The van der Waals surface area contributed by atoms with E-state index >= 15 is 0 Å². The van der Waals surface area contributed by atoms with Crippen LogP contribution >= 0.6 is 0 Å². The monoisotopic (exact) mass is 447 g/mol. The molecule has 0 bridgehead atoms. The van der Waals surface area contributed by atoms with Crippen LogP contribution < -0.4 is 10.1 Å². The summed E-state index contributed by atoms with van der Waals surface area (Å²) in [5, 5.41) is 23.9. The van der Waals surface area contributed by atoms with Gasteiger partial charge in [0.15, 0.2) is 5.82 Å². The summed E-state index contributed by atoms with van der Waals surface area (Å²) in [5.41, 5.74) is 0.811. The summed E-state index contributed by atoms with van der Waals surface area (Å²) in [6.07, 6.45) is 2.75. The van der Waals surface area contributed by atoms with E-state index in [1.54, 1.807) is 6.20 Å². The smallest absolute Gasteiger partial charge is 0.248 e. The third-order valence-electron chi connectivity index (χ3n) is 6.75. The lowest BCUT2D eigenvalue weighted by Crippen LogP contribution is -2.45. The first-order chi connectivity index (χ1) is 15.4. The number of hydrogen-bond donors (Lipinski definition) is 3. The summed E-state index contributed by atoms with van der Waals surface area (Å²) < 4.78 is 32.8. The van der Waals surface area contributed by atoms with Crippen molar-refractivity contribution in [2.24, 2.45) is 11.8 Å². The highest BCUT2D eigenvalue weighted by molar-refractivity contribution is 5.21. The largest absolute Gasteiger partial charge is 0.486 e. The number of halogens is 2. The molecule has 1 aromatic heterocycles. The lowest BCUT2D eigenvalue weighted by atomic mass is 9.87. The van der Waals surface area contributed by atoms with Gasteiger partial charge in [0.1, 0.15) is 12.4 Å². The summed E-state index contributed by atoms with van der Waals surface area (Å²) in [4.78, 5) is 8.91. The molecule has 6 nitrogen and oxygen atoms in total. The van der Waals surface area contributed by atoms with Crippen molar-refractivity contribution >= 4 is 0 Å². The van der Waals surface area contributed by atoms with Gasteiger partial charge >= 0.3 is 0 Å². The molecule has 1 aromatic carbocycles. The van der Waals surface area contributed by atoms with E-state index in [2.05, 4.69) is 15.3 Å². The minimum absolute atomic E-state index is 0.00648. The zero-order valence-electron chi connectivity index (χ0n) is 18.0. The SMILES string of the molecule is OCC1C(O)CC(NC2CCC(F)(F)CC2)C1Cc1ccnc(COc2ccccc2)n1. The molecule has 2 saturated carbocycles. The van der Waals surface area contributed by atoms with Crippen LogP contribution in [-0.4, -0.2) is 50.9 Å². The number of aliphatic hydroxyl groups is 2. The van der Waals surface area contributed by atoms with Gasteiger partial charge in [-0.15, -0.1) is 0 Å². The van der Waals surface area contributed by atoms with Crippen LogP contribution in [-0.2, 0) is 13.0 Å². The Kier molecular flexibility index (Phi) is 7.33. The molecule has 4 rings (SSSR count). The number of para-hydroxylation sites is 1. The topological polar surface area (TPSA) is 87.5 Å². The van der Waals surface area contributed by atoms with Crippen LogP contribution in [0.3, 0.4) is 0 Å². The molecule has 1 heterocycles. The summed E-state index contributed by atoms with van der Waals surface area (Å²) in [7, 11) is 0. The minimum atomic E-state index is -2.57. The zero-order valence-corrected chi connectivity index (χ0v) is 18.0. The molecule has 2 aromatic rings. The second kappa shape index (κ2) is 10.2. The summed E-state index contributed by atoms with van der Waals surface area (Å²) in [6.45, 7) is 0.119. The van der Waals surface area contributed by atoms with Crippen molar-refractivity contribution in [3.05, 3.63) is 54.1 Å². The predicted molar refractivity (Wildman–Crippen MR) is 115 cm³/mol. The molecule has 174 valence electrons. The van der Waals surface area contributed by atoms with E-state index in [0.717, 1.165) is 11.4 Å². The van der Waals surface area contributed by atoms with Crippen LogP contribution in [0.2, 0.25) is 0 Å². The first-order valence-corrected chi connectivity index (χ1v) is 11.3. The first kappa shape index (κ1) is 23.0.